The zero-order chi connectivity index (χ0) is 15.0. The van der Waals surface area contributed by atoms with Crippen LogP contribution in [-0.2, 0) is 6.18 Å². The second kappa shape index (κ2) is 4.87. The highest BCUT2D eigenvalue weighted by atomic mass is 19.4. The van der Waals surface area contributed by atoms with Crippen molar-refractivity contribution in [2.24, 2.45) is 0 Å². The topological polar surface area (TPSA) is 95.6 Å². The third-order valence-corrected chi connectivity index (χ3v) is 2.64. The number of alkyl halides is 3. The summed E-state index contributed by atoms with van der Waals surface area (Å²) in [6.45, 7) is 0.657. The fourth-order valence-electron chi connectivity index (χ4n) is 1.47. The maximum absolute atomic E-state index is 12.7. The van der Waals surface area contributed by atoms with Crippen molar-refractivity contribution < 1.29 is 23.4 Å². The summed E-state index contributed by atoms with van der Waals surface area (Å²) in [6, 6.07) is 2.68. The van der Waals surface area contributed by atoms with E-state index in [1.165, 1.54) is 19.1 Å². The molecule has 10 heteroatoms. The monoisotopic (exact) mass is 291 g/mol. The second-order valence-corrected chi connectivity index (χ2v) is 4.51. The Morgan fingerprint density at radius 1 is 1.20 bits per heavy atom. The van der Waals surface area contributed by atoms with Gasteiger partial charge in [-0.1, -0.05) is 0 Å². The van der Waals surface area contributed by atoms with Crippen molar-refractivity contribution in [1.29, 1.82) is 0 Å². The average Bonchev–Trinajstić information content (AvgIpc) is 2.81. The average molecular weight is 291 g/mol. The molecule has 3 N–H and O–H groups in total. The number of aliphatic hydroxyl groups is 2. The first-order valence-electron chi connectivity index (χ1n) is 5.59. The molecule has 2 heterocycles. The van der Waals surface area contributed by atoms with Crippen LogP contribution in [0.5, 0.6) is 0 Å². The summed E-state index contributed by atoms with van der Waals surface area (Å²) >= 11 is 0. The largest absolute Gasteiger partial charge is 0.453 e. The molecule has 0 fully saturated rings. The Morgan fingerprint density at radius 3 is 2.40 bits per heavy atom. The standard InChI is InChI=1S/C10H12F3N5O2/c1-9(4-19,5-20)14-6-2-3-7-15-16-8(10(11,12)13)18(7)17-6/h2-3,19-20H,4-5H2,1H3,(H,14,17). The Morgan fingerprint density at radius 2 is 1.85 bits per heavy atom. The molecule has 0 radical (unpaired) electrons. The first kappa shape index (κ1) is 14.5. The van der Waals surface area contributed by atoms with Crippen molar-refractivity contribution in [3.8, 4) is 0 Å². The van der Waals surface area contributed by atoms with E-state index in [0.717, 1.165) is 0 Å². The predicted molar refractivity (Wildman–Crippen MR) is 62.0 cm³/mol. The minimum Gasteiger partial charge on any atom is -0.394 e. The van der Waals surface area contributed by atoms with E-state index in [1.807, 2.05) is 0 Å². The van der Waals surface area contributed by atoms with Crippen LogP contribution < -0.4 is 5.32 Å². The van der Waals surface area contributed by atoms with Gasteiger partial charge in [-0.2, -0.15) is 17.7 Å². The normalized spacial score (nSPS) is 12.9. The molecule has 0 aliphatic heterocycles. The minimum atomic E-state index is -4.68. The Hall–Kier alpha value is -1.94. The molecule has 0 saturated carbocycles. The van der Waals surface area contributed by atoms with Crippen molar-refractivity contribution in [2.75, 3.05) is 18.5 Å². The molecule has 7 nitrogen and oxygen atoms in total. The maximum atomic E-state index is 12.7. The number of nitrogens with zero attached hydrogens (tertiary/aromatic N) is 4. The molecule has 0 saturated heterocycles. The highest BCUT2D eigenvalue weighted by Crippen LogP contribution is 2.27. The van der Waals surface area contributed by atoms with E-state index >= 15 is 0 Å². The molecule has 0 unspecified atom stereocenters. The maximum Gasteiger partial charge on any atom is 0.453 e. The number of hydrogen-bond donors (Lipinski definition) is 3. The number of aliphatic hydroxyl groups excluding tert-OH is 2. The number of rotatable bonds is 4. The van der Waals surface area contributed by atoms with Gasteiger partial charge in [0.1, 0.15) is 5.82 Å². The molecule has 20 heavy (non-hydrogen) atoms. The van der Waals surface area contributed by atoms with Gasteiger partial charge in [-0.15, -0.1) is 15.3 Å². The fourth-order valence-corrected chi connectivity index (χ4v) is 1.47. The molecular formula is C10H12F3N5O2. The lowest BCUT2D eigenvalue weighted by atomic mass is 10.1. The Kier molecular flexibility index (Phi) is 3.52. The van der Waals surface area contributed by atoms with E-state index in [2.05, 4.69) is 20.6 Å². The summed E-state index contributed by atoms with van der Waals surface area (Å²) in [5.41, 5.74) is -1.16. The predicted octanol–water partition coefficient (Wildman–Crippen LogP) is 0.298. The summed E-state index contributed by atoms with van der Waals surface area (Å²) < 4.78 is 38.6. The van der Waals surface area contributed by atoms with E-state index in [4.69, 9.17) is 10.2 Å². The van der Waals surface area contributed by atoms with Crippen LogP contribution in [0.25, 0.3) is 5.65 Å². The molecule has 2 rings (SSSR count). The smallest absolute Gasteiger partial charge is 0.394 e. The van der Waals surface area contributed by atoms with Crippen LogP contribution in [0.15, 0.2) is 12.1 Å². The van der Waals surface area contributed by atoms with Gasteiger partial charge >= 0.3 is 6.18 Å². The van der Waals surface area contributed by atoms with Gasteiger partial charge in [-0.05, 0) is 19.1 Å². The van der Waals surface area contributed by atoms with Crippen LogP contribution in [0.2, 0.25) is 0 Å². The zero-order valence-electron chi connectivity index (χ0n) is 10.4. The van der Waals surface area contributed by atoms with E-state index in [-0.39, 0.29) is 11.5 Å². The lowest BCUT2D eigenvalue weighted by Gasteiger charge is -2.26. The van der Waals surface area contributed by atoms with Crippen molar-refractivity contribution >= 4 is 11.5 Å². The van der Waals surface area contributed by atoms with Gasteiger partial charge < -0.3 is 15.5 Å². The van der Waals surface area contributed by atoms with Crippen molar-refractivity contribution in [3.63, 3.8) is 0 Å². The third-order valence-electron chi connectivity index (χ3n) is 2.64. The molecule has 2 aromatic rings. The molecule has 0 atom stereocenters. The molecule has 110 valence electrons. The number of nitrogens with one attached hydrogen (secondary N) is 1. The summed E-state index contributed by atoms with van der Waals surface area (Å²) in [5.74, 6) is -1.20. The van der Waals surface area contributed by atoms with Crippen LogP contribution in [0.3, 0.4) is 0 Å². The Bertz CT molecular complexity index is 608. The van der Waals surface area contributed by atoms with Crippen LogP contribution in [0.4, 0.5) is 19.0 Å². The Labute approximate surface area is 111 Å². The van der Waals surface area contributed by atoms with E-state index in [0.29, 0.717) is 4.52 Å². The minimum absolute atomic E-state index is 0.0494. The lowest BCUT2D eigenvalue weighted by molar-refractivity contribution is -0.146. The summed E-state index contributed by atoms with van der Waals surface area (Å²) in [5, 5.41) is 31.1. The van der Waals surface area contributed by atoms with Crippen molar-refractivity contribution in [3.05, 3.63) is 18.0 Å². The van der Waals surface area contributed by atoms with Gasteiger partial charge in [0.15, 0.2) is 5.65 Å². The molecule has 0 aromatic carbocycles. The van der Waals surface area contributed by atoms with Crippen molar-refractivity contribution in [2.45, 2.75) is 18.6 Å². The van der Waals surface area contributed by atoms with E-state index < -0.39 is 30.8 Å². The SMILES string of the molecule is CC(CO)(CO)Nc1ccc2nnc(C(F)(F)F)n2n1. The molecule has 0 bridgehead atoms. The number of aromatic nitrogens is 4. The van der Waals surface area contributed by atoms with Crippen LogP contribution in [0.1, 0.15) is 12.7 Å². The highest BCUT2D eigenvalue weighted by molar-refractivity contribution is 5.45. The molecule has 2 aromatic heterocycles. The van der Waals surface area contributed by atoms with Crippen molar-refractivity contribution in [1.82, 2.24) is 19.8 Å². The molecule has 0 aliphatic carbocycles. The molecule has 0 spiro atoms. The number of halogens is 3. The summed E-state index contributed by atoms with van der Waals surface area (Å²) in [4.78, 5) is 0. The number of hydrogen-bond acceptors (Lipinski definition) is 6. The van der Waals surface area contributed by atoms with E-state index in [1.54, 1.807) is 0 Å². The Balaban J connectivity index is 2.42. The van der Waals surface area contributed by atoms with Gasteiger partial charge in [0.25, 0.3) is 5.82 Å². The number of fused-ring (bicyclic) bond motifs is 1. The van der Waals surface area contributed by atoms with Crippen LogP contribution in [0, 0.1) is 0 Å². The fraction of sp³-hybridized carbons (Fsp3) is 0.500. The van der Waals surface area contributed by atoms with Gasteiger partial charge in [-0.25, -0.2) is 0 Å². The first-order valence-corrected chi connectivity index (χ1v) is 5.59. The van der Waals surface area contributed by atoms with Gasteiger partial charge in [-0.3, -0.25) is 0 Å². The lowest BCUT2D eigenvalue weighted by Crippen LogP contribution is -2.42. The summed E-state index contributed by atoms with van der Waals surface area (Å²) in [7, 11) is 0. The van der Waals surface area contributed by atoms with Gasteiger partial charge in [0.2, 0.25) is 0 Å². The van der Waals surface area contributed by atoms with Gasteiger partial charge in [0.05, 0.1) is 18.8 Å². The summed E-state index contributed by atoms with van der Waals surface area (Å²) in [6.07, 6.45) is -4.68. The zero-order valence-corrected chi connectivity index (χ0v) is 10.4. The number of anilines is 1. The van der Waals surface area contributed by atoms with Gasteiger partial charge in [0, 0.05) is 0 Å². The quantitative estimate of drug-likeness (QED) is 0.750. The second-order valence-electron chi connectivity index (χ2n) is 4.51. The van der Waals surface area contributed by atoms with Crippen LogP contribution >= 0.6 is 0 Å². The first-order chi connectivity index (χ1) is 9.29. The van der Waals surface area contributed by atoms with Crippen LogP contribution in [-0.4, -0.2) is 48.8 Å². The molecular weight excluding hydrogens is 279 g/mol. The molecule has 0 amide bonds. The molecule has 0 aliphatic rings. The highest BCUT2D eigenvalue weighted by Gasteiger charge is 2.37. The third kappa shape index (κ3) is 2.65. The van der Waals surface area contributed by atoms with E-state index in [9.17, 15) is 13.2 Å².